The van der Waals surface area contributed by atoms with Crippen molar-refractivity contribution >= 4 is 21.8 Å². The number of nitrogens with zero attached hydrogens (tertiary/aromatic N) is 1. The Morgan fingerprint density at radius 1 is 1.29 bits per heavy atom. The number of hydrogen-bond donors (Lipinski definition) is 0. The molecule has 0 N–H and O–H groups in total. The number of benzene rings is 1. The first-order valence-electron chi connectivity index (χ1n) is 6.97. The maximum atomic E-state index is 12.6. The second-order valence-corrected chi connectivity index (χ2v) is 5.74. The molecule has 0 spiro atoms. The van der Waals surface area contributed by atoms with Crippen molar-refractivity contribution in [1.82, 2.24) is 4.90 Å². The molecular formula is C16H20BrNO3. The number of carbonyl (C=O) groups is 1. The summed E-state index contributed by atoms with van der Waals surface area (Å²) in [5.74, 6) is -0.0895. The van der Waals surface area contributed by atoms with Crippen LogP contribution in [0.2, 0.25) is 0 Å². The molecule has 114 valence electrons. The normalized spacial score (nSPS) is 16.9. The Morgan fingerprint density at radius 2 is 1.90 bits per heavy atom. The Labute approximate surface area is 133 Å². The third-order valence-corrected chi connectivity index (χ3v) is 4.52. The van der Waals surface area contributed by atoms with Gasteiger partial charge in [0.15, 0.2) is 0 Å². The van der Waals surface area contributed by atoms with Gasteiger partial charge in [-0.1, -0.05) is 46.3 Å². The van der Waals surface area contributed by atoms with E-state index in [9.17, 15) is 4.79 Å². The first-order valence-corrected chi connectivity index (χ1v) is 8.09. The van der Waals surface area contributed by atoms with Crippen LogP contribution in [0.5, 0.6) is 0 Å². The first kappa shape index (κ1) is 15.9. The lowest BCUT2D eigenvalue weighted by Gasteiger charge is -2.29. The Hall–Kier alpha value is -1.49. The number of halogens is 1. The largest absolute Gasteiger partial charge is 0.459 e. The van der Waals surface area contributed by atoms with Crippen LogP contribution in [0.4, 0.5) is 0 Å². The van der Waals surface area contributed by atoms with Gasteiger partial charge in [0.25, 0.3) is 0 Å². The average Bonchev–Trinajstić information content (AvgIpc) is 3.04. The quantitative estimate of drug-likeness (QED) is 0.735. The third-order valence-electron chi connectivity index (χ3n) is 3.74. The topological polar surface area (TPSA) is 38.8 Å². The monoisotopic (exact) mass is 353 g/mol. The summed E-state index contributed by atoms with van der Waals surface area (Å²) in [6.07, 6.45) is 3.19. The second kappa shape index (κ2) is 7.50. The third kappa shape index (κ3) is 4.00. The van der Waals surface area contributed by atoms with Crippen LogP contribution >= 0.6 is 15.9 Å². The molecule has 0 saturated heterocycles. The minimum atomic E-state index is -0.364. The molecule has 1 aromatic rings. The summed E-state index contributed by atoms with van der Waals surface area (Å²) in [4.78, 5) is 14.4. The van der Waals surface area contributed by atoms with Crippen LogP contribution in [-0.4, -0.2) is 29.5 Å². The molecule has 0 saturated carbocycles. The molecule has 0 radical (unpaired) electrons. The van der Waals surface area contributed by atoms with E-state index < -0.39 is 0 Å². The van der Waals surface area contributed by atoms with Crippen LogP contribution in [0.3, 0.4) is 0 Å². The van der Waals surface area contributed by atoms with E-state index in [1.807, 2.05) is 44.3 Å². The van der Waals surface area contributed by atoms with E-state index in [0.717, 1.165) is 5.56 Å². The van der Waals surface area contributed by atoms with Gasteiger partial charge < -0.3 is 14.4 Å². The summed E-state index contributed by atoms with van der Waals surface area (Å²) in [5.41, 5.74) is 1.12. The SMILES string of the molecule is CC(c1ccccc1)N(C)C(=O)C(CBr)CC1OC=CO1. The van der Waals surface area contributed by atoms with Crippen molar-refractivity contribution in [3.63, 3.8) is 0 Å². The Kier molecular flexibility index (Phi) is 5.67. The molecule has 2 atom stereocenters. The van der Waals surface area contributed by atoms with Gasteiger partial charge in [0.2, 0.25) is 12.2 Å². The number of ether oxygens (including phenoxy) is 2. The molecule has 21 heavy (non-hydrogen) atoms. The molecule has 0 fully saturated rings. The van der Waals surface area contributed by atoms with Crippen LogP contribution in [0.15, 0.2) is 42.9 Å². The molecule has 1 amide bonds. The highest BCUT2D eigenvalue weighted by Gasteiger charge is 2.29. The molecule has 2 rings (SSSR count). The number of alkyl halides is 1. The molecule has 1 aliphatic heterocycles. The zero-order valence-corrected chi connectivity index (χ0v) is 13.8. The zero-order chi connectivity index (χ0) is 15.2. The van der Waals surface area contributed by atoms with E-state index in [0.29, 0.717) is 11.8 Å². The molecule has 1 aliphatic rings. The fourth-order valence-corrected chi connectivity index (χ4v) is 2.82. The van der Waals surface area contributed by atoms with E-state index in [-0.39, 0.29) is 24.2 Å². The van der Waals surface area contributed by atoms with Crippen molar-refractivity contribution in [2.45, 2.75) is 25.7 Å². The summed E-state index contributed by atoms with van der Waals surface area (Å²) < 4.78 is 10.5. The zero-order valence-electron chi connectivity index (χ0n) is 12.2. The smallest absolute Gasteiger partial charge is 0.240 e. The first-order chi connectivity index (χ1) is 10.1. The van der Waals surface area contributed by atoms with E-state index in [2.05, 4.69) is 15.9 Å². The van der Waals surface area contributed by atoms with Gasteiger partial charge in [0.05, 0.1) is 12.0 Å². The predicted octanol–water partition coefficient (Wildman–Crippen LogP) is 3.45. The summed E-state index contributed by atoms with van der Waals surface area (Å²) >= 11 is 3.42. The molecule has 1 heterocycles. The van der Waals surface area contributed by atoms with Crippen molar-refractivity contribution in [3.8, 4) is 0 Å². The number of hydrogen-bond acceptors (Lipinski definition) is 3. The van der Waals surface area contributed by atoms with Crippen LogP contribution in [-0.2, 0) is 14.3 Å². The number of rotatable bonds is 6. The van der Waals surface area contributed by atoms with Gasteiger partial charge in [-0.3, -0.25) is 4.79 Å². The highest BCUT2D eigenvalue weighted by atomic mass is 79.9. The van der Waals surface area contributed by atoms with Crippen LogP contribution in [0, 0.1) is 5.92 Å². The molecule has 2 unspecified atom stereocenters. The fraction of sp³-hybridized carbons (Fsp3) is 0.438. The lowest BCUT2D eigenvalue weighted by molar-refractivity contribution is -0.138. The minimum absolute atomic E-state index is 0.0313. The lowest BCUT2D eigenvalue weighted by atomic mass is 10.0. The summed E-state index contributed by atoms with van der Waals surface area (Å²) in [6, 6.07) is 10.0. The van der Waals surface area contributed by atoms with Gasteiger partial charge in [-0.15, -0.1) is 0 Å². The van der Waals surface area contributed by atoms with E-state index in [1.54, 1.807) is 4.90 Å². The van der Waals surface area contributed by atoms with Crippen LogP contribution in [0.25, 0.3) is 0 Å². The van der Waals surface area contributed by atoms with E-state index >= 15 is 0 Å². The minimum Gasteiger partial charge on any atom is -0.459 e. The fourth-order valence-electron chi connectivity index (χ4n) is 2.28. The molecule has 4 nitrogen and oxygen atoms in total. The van der Waals surface area contributed by atoms with Crippen molar-refractivity contribution in [2.75, 3.05) is 12.4 Å². The van der Waals surface area contributed by atoms with Gasteiger partial charge in [0, 0.05) is 18.8 Å². The molecule has 0 aliphatic carbocycles. The van der Waals surface area contributed by atoms with Crippen molar-refractivity contribution in [1.29, 1.82) is 0 Å². The highest BCUT2D eigenvalue weighted by molar-refractivity contribution is 9.09. The molecular weight excluding hydrogens is 334 g/mol. The maximum absolute atomic E-state index is 12.6. The summed E-state index contributed by atoms with van der Waals surface area (Å²) in [7, 11) is 1.84. The summed E-state index contributed by atoms with van der Waals surface area (Å²) in [5, 5.41) is 0.584. The van der Waals surface area contributed by atoms with Crippen molar-refractivity contribution in [3.05, 3.63) is 48.4 Å². The standard InChI is InChI=1S/C16H20BrNO3/c1-12(13-6-4-3-5-7-13)18(2)16(19)14(11-17)10-15-20-8-9-21-15/h3-9,12,14-15H,10-11H2,1-2H3. The Bertz CT molecular complexity index is 484. The number of carbonyl (C=O) groups excluding carboxylic acids is 1. The van der Waals surface area contributed by atoms with E-state index in [1.165, 1.54) is 12.5 Å². The van der Waals surface area contributed by atoms with Gasteiger partial charge in [-0.2, -0.15) is 0 Å². The van der Waals surface area contributed by atoms with Gasteiger partial charge in [0.1, 0.15) is 12.5 Å². The summed E-state index contributed by atoms with van der Waals surface area (Å²) in [6.45, 7) is 2.03. The Balaban J connectivity index is 1.99. The van der Waals surface area contributed by atoms with Gasteiger partial charge >= 0.3 is 0 Å². The number of amides is 1. The van der Waals surface area contributed by atoms with Crippen LogP contribution < -0.4 is 0 Å². The van der Waals surface area contributed by atoms with Crippen molar-refractivity contribution in [2.24, 2.45) is 5.92 Å². The molecule has 1 aromatic carbocycles. The highest BCUT2D eigenvalue weighted by Crippen LogP contribution is 2.24. The van der Waals surface area contributed by atoms with Crippen molar-refractivity contribution < 1.29 is 14.3 Å². The predicted molar refractivity (Wildman–Crippen MR) is 84.6 cm³/mol. The Morgan fingerprint density at radius 3 is 2.48 bits per heavy atom. The molecule has 0 bridgehead atoms. The second-order valence-electron chi connectivity index (χ2n) is 5.10. The molecule has 0 aromatic heterocycles. The molecule has 5 heteroatoms. The average molecular weight is 354 g/mol. The van der Waals surface area contributed by atoms with E-state index in [4.69, 9.17) is 9.47 Å². The maximum Gasteiger partial charge on any atom is 0.240 e. The van der Waals surface area contributed by atoms with Gasteiger partial charge in [-0.05, 0) is 12.5 Å². The van der Waals surface area contributed by atoms with Crippen LogP contribution in [0.1, 0.15) is 24.9 Å². The van der Waals surface area contributed by atoms with Gasteiger partial charge in [-0.25, -0.2) is 0 Å². The lowest BCUT2D eigenvalue weighted by Crippen LogP contribution is -2.37.